The number of hydrogen-bond acceptors (Lipinski definition) is 5. The van der Waals surface area contributed by atoms with Crippen LogP contribution in [0.3, 0.4) is 0 Å². The fraction of sp³-hybridized carbons (Fsp3) is 0.400. The molecule has 0 spiro atoms. The van der Waals surface area contributed by atoms with Crippen LogP contribution in [0.25, 0.3) is 0 Å². The zero-order chi connectivity index (χ0) is 18.4. The molecule has 3 rings (SSSR count). The first-order valence-corrected chi connectivity index (χ1v) is 9.08. The Morgan fingerprint density at radius 3 is 2.62 bits per heavy atom. The van der Waals surface area contributed by atoms with Gasteiger partial charge in [-0.15, -0.1) is 0 Å². The fourth-order valence-corrected chi connectivity index (χ4v) is 3.23. The molecule has 1 saturated carbocycles. The van der Waals surface area contributed by atoms with Gasteiger partial charge >= 0.3 is 0 Å². The van der Waals surface area contributed by atoms with Crippen molar-refractivity contribution in [1.29, 1.82) is 5.26 Å². The van der Waals surface area contributed by atoms with Gasteiger partial charge in [-0.1, -0.05) is 37.8 Å². The zero-order valence-corrected chi connectivity index (χ0v) is 15.0. The van der Waals surface area contributed by atoms with E-state index in [-0.39, 0.29) is 5.91 Å². The largest absolute Gasteiger partial charge is 0.351 e. The van der Waals surface area contributed by atoms with Gasteiger partial charge in [0, 0.05) is 11.7 Å². The molecule has 2 aromatic rings. The summed E-state index contributed by atoms with van der Waals surface area (Å²) in [4.78, 5) is 21.4. The number of anilines is 2. The number of aryl methyl sites for hydroxylation is 1. The predicted octanol–water partition coefficient (Wildman–Crippen LogP) is 4.04. The molecule has 0 unspecified atom stereocenters. The van der Waals surface area contributed by atoms with Crippen LogP contribution in [0.15, 0.2) is 30.3 Å². The van der Waals surface area contributed by atoms with Crippen molar-refractivity contribution in [1.82, 2.24) is 9.97 Å². The van der Waals surface area contributed by atoms with Gasteiger partial charge in [-0.3, -0.25) is 4.79 Å². The molecule has 6 heteroatoms. The van der Waals surface area contributed by atoms with E-state index >= 15 is 0 Å². The molecular weight excluding hydrogens is 326 g/mol. The monoisotopic (exact) mass is 349 g/mol. The Labute approximate surface area is 153 Å². The number of rotatable bonds is 4. The van der Waals surface area contributed by atoms with E-state index in [0.717, 1.165) is 18.5 Å². The molecule has 0 aliphatic heterocycles. The van der Waals surface area contributed by atoms with E-state index in [1.54, 1.807) is 30.3 Å². The van der Waals surface area contributed by atoms with Crippen molar-refractivity contribution in [3.05, 3.63) is 47.3 Å². The molecule has 0 bridgehead atoms. The number of amides is 1. The molecule has 0 radical (unpaired) electrons. The summed E-state index contributed by atoms with van der Waals surface area (Å²) in [5.74, 6) is 0.151. The van der Waals surface area contributed by atoms with Crippen molar-refractivity contribution in [2.45, 2.75) is 51.5 Å². The van der Waals surface area contributed by atoms with Crippen molar-refractivity contribution in [3.63, 3.8) is 0 Å². The molecule has 2 N–H and O–H groups in total. The summed E-state index contributed by atoms with van der Waals surface area (Å²) in [6.07, 6.45) is 7.18. The van der Waals surface area contributed by atoms with Gasteiger partial charge < -0.3 is 10.6 Å². The molecule has 1 aromatic heterocycles. The first-order valence-electron chi connectivity index (χ1n) is 9.08. The third-order valence-corrected chi connectivity index (χ3v) is 4.57. The van der Waals surface area contributed by atoms with Gasteiger partial charge in [0.05, 0.1) is 11.3 Å². The maximum Gasteiger partial charge on any atom is 0.274 e. The molecular formula is C20H23N5O. The highest BCUT2D eigenvalue weighted by molar-refractivity contribution is 6.03. The number of aromatic nitrogens is 2. The Bertz CT molecular complexity index is 819. The Morgan fingerprint density at radius 1 is 1.15 bits per heavy atom. The Hall–Kier alpha value is -2.94. The van der Waals surface area contributed by atoms with Crippen LogP contribution in [0.1, 0.15) is 60.3 Å². The summed E-state index contributed by atoms with van der Waals surface area (Å²) in [7, 11) is 0. The highest BCUT2D eigenvalue weighted by atomic mass is 16.1. The quantitative estimate of drug-likeness (QED) is 0.813. The molecule has 0 saturated heterocycles. The topological polar surface area (TPSA) is 90.7 Å². The predicted molar refractivity (Wildman–Crippen MR) is 101 cm³/mol. The van der Waals surface area contributed by atoms with Gasteiger partial charge in [0.25, 0.3) is 5.91 Å². The lowest BCUT2D eigenvalue weighted by Gasteiger charge is -2.17. The van der Waals surface area contributed by atoms with E-state index in [1.165, 1.54) is 25.7 Å². The van der Waals surface area contributed by atoms with Gasteiger partial charge in [0.15, 0.2) is 0 Å². The minimum absolute atomic E-state index is 0.293. The summed E-state index contributed by atoms with van der Waals surface area (Å²) in [6.45, 7) is 1.85. The summed E-state index contributed by atoms with van der Waals surface area (Å²) >= 11 is 0. The Balaban J connectivity index is 1.76. The van der Waals surface area contributed by atoms with Gasteiger partial charge in [-0.05, 0) is 38.0 Å². The SMILES string of the molecule is Cc1cc(C(=O)Nc2ccccc2C#N)nc(NC2CCCCCC2)n1. The fourth-order valence-electron chi connectivity index (χ4n) is 3.23. The molecule has 0 atom stereocenters. The molecule has 1 fully saturated rings. The van der Waals surface area contributed by atoms with Crippen molar-refractivity contribution in [2.24, 2.45) is 0 Å². The van der Waals surface area contributed by atoms with E-state index in [2.05, 4.69) is 26.7 Å². The lowest BCUT2D eigenvalue weighted by Crippen LogP contribution is -2.22. The standard InChI is InChI=1S/C20H23N5O/c1-14-12-18(19(26)24-17-11-7-6-8-15(17)13-21)25-20(22-14)23-16-9-4-2-3-5-10-16/h6-8,11-12,16H,2-5,9-10H2,1H3,(H,24,26)(H,22,23,25). The number of carbonyl (C=O) groups is 1. The van der Waals surface area contributed by atoms with Gasteiger partial charge in [0.2, 0.25) is 5.95 Å². The molecule has 1 aliphatic carbocycles. The average Bonchev–Trinajstić information content (AvgIpc) is 2.90. The van der Waals surface area contributed by atoms with Crippen LogP contribution in [-0.2, 0) is 0 Å². The van der Waals surface area contributed by atoms with Gasteiger partial charge in [-0.2, -0.15) is 5.26 Å². The first-order chi connectivity index (χ1) is 12.7. The smallest absolute Gasteiger partial charge is 0.274 e. The van der Waals surface area contributed by atoms with Crippen LogP contribution < -0.4 is 10.6 Å². The molecule has 1 heterocycles. The minimum atomic E-state index is -0.345. The van der Waals surface area contributed by atoms with Crippen LogP contribution in [0.4, 0.5) is 11.6 Å². The number of hydrogen-bond donors (Lipinski definition) is 2. The molecule has 26 heavy (non-hydrogen) atoms. The second-order valence-corrected chi connectivity index (χ2v) is 6.66. The van der Waals surface area contributed by atoms with Crippen LogP contribution in [0, 0.1) is 18.3 Å². The Kier molecular flexibility index (Phi) is 5.80. The van der Waals surface area contributed by atoms with Crippen molar-refractivity contribution < 1.29 is 4.79 Å². The third kappa shape index (κ3) is 4.57. The Morgan fingerprint density at radius 2 is 1.88 bits per heavy atom. The van der Waals surface area contributed by atoms with Crippen molar-refractivity contribution in [2.75, 3.05) is 10.6 Å². The molecule has 1 aliphatic rings. The maximum atomic E-state index is 12.6. The van der Waals surface area contributed by atoms with Crippen LogP contribution in [0.5, 0.6) is 0 Å². The van der Waals surface area contributed by atoms with Crippen LogP contribution in [-0.4, -0.2) is 21.9 Å². The summed E-state index contributed by atoms with van der Waals surface area (Å²) in [6, 6.07) is 11.0. The highest BCUT2D eigenvalue weighted by Gasteiger charge is 2.16. The normalized spacial score (nSPS) is 14.9. The number of nitrogens with zero attached hydrogens (tertiary/aromatic N) is 3. The van der Waals surface area contributed by atoms with Crippen LogP contribution >= 0.6 is 0 Å². The number of benzene rings is 1. The second kappa shape index (κ2) is 8.43. The average molecular weight is 349 g/mol. The van der Waals surface area contributed by atoms with E-state index in [0.29, 0.717) is 28.9 Å². The molecule has 1 aromatic carbocycles. The van der Waals surface area contributed by atoms with Crippen molar-refractivity contribution >= 4 is 17.5 Å². The third-order valence-electron chi connectivity index (χ3n) is 4.57. The number of nitriles is 1. The van der Waals surface area contributed by atoms with E-state index in [4.69, 9.17) is 5.26 Å². The van der Waals surface area contributed by atoms with Gasteiger partial charge in [-0.25, -0.2) is 9.97 Å². The number of para-hydroxylation sites is 1. The second-order valence-electron chi connectivity index (χ2n) is 6.66. The zero-order valence-electron chi connectivity index (χ0n) is 15.0. The number of nitrogens with one attached hydrogen (secondary N) is 2. The molecule has 1 amide bonds. The number of carbonyl (C=O) groups excluding carboxylic acids is 1. The molecule has 6 nitrogen and oxygen atoms in total. The van der Waals surface area contributed by atoms with E-state index in [1.807, 2.05) is 6.92 Å². The van der Waals surface area contributed by atoms with Gasteiger partial charge in [0.1, 0.15) is 11.8 Å². The molecule has 134 valence electrons. The van der Waals surface area contributed by atoms with E-state index in [9.17, 15) is 4.79 Å². The lowest BCUT2D eigenvalue weighted by molar-refractivity contribution is 0.102. The lowest BCUT2D eigenvalue weighted by atomic mass is 10.1. The summed E-state index contributed by atoms with van der Waals surface area (Å²) in [5, 5.41) is 15.3. The maximum absolute atomic E-state index is 12.6. The summed E-state index contributed by atoms with van der Waals surface area (Å²) < 4.78 is 0. The van der Waals surface area contributed by atoms with Crippen LogP contribution in [0.2, 0.25) is 0 Å². The highest BCUT2D eigenvalue weighted by Crippen LogP contribution is 2.20. The van der Waals surface area contributed by atoms with Crippen molar-refractivity contribution in [3.8, 4) is 6.07 Å². The van der Waals surface area contributed by atoms with E-state index < -0.39 is 0 Å². The minimum Gasteiger partial charge on any atom is -0.351 e. The summed E-state index contributed by atoms with van der Waals surface area (Å²) in [5.41, 5.74) is 1.93. The first kappa shape index (κ1) is 17.9.